The molecule has 0 saturated carbocycles. The number of benzene rings is 1. The van der Waals surface area contributed by atoms with Crippen molar-refractivity contribution in [1.82, 2.24) is 10.6 Å². The Morgan fingerprint density at radius 2 is 2.18 bits per heavy atom. The maximum Gasteiger partial charge on any atom is 0.287 e. The van der Waals surface area contributed by atoms with Gasteiger partial charge in [-0.2, -0.15) is 0 Å². The molecule has 5 heteroatoms. The summed E-state index contributed by atoms with van der Waals surface area (Å²) in [5.74, 6) is 0.955. The summed E-state index contributed by atoms with van der Waals surface area (Å²) in [6, 6.07) is 12.7. The summed E-state index contributed by atoms with van der Waals surface area (Å²) in [7, 11) is 0. The van der Waals surface area contributed by atoms with Gasteiger partial charge in [-0.25, -0.2) is 0 Å². The lowest BCUT2D eigenvalue weighted by atomic mass is 9.95. The number of amides is 1. The Morgan fingerprint density at radius 3 is 2.91 bits per heavy atom. The summed E-state index contributed by atoms with van der Waals surface area (Å²) in [6.45, 7) is 0. The molecule has 2 saturated heterocycles. The van der Waals surface area contributed by atoms with Crippen LogP contribution in [-0.4, -0.2) is 24.0 Å². The summed E-state index contributed by atoms with van der Waals surface area (Å²) in [4.78, 5) is 12.3. The molecule has 0 aliphatic carbocycles. The molecule has 1 aromatic heterocycles. The second kappa shape index (κ2) is 5.56. The van der Waals surface area contributed by atoms with Crippen LogP contribution >= 0.6 is 15.9 Å². The summed E-state index contributed by atoms with van der Waals surface area (Å²) >= 11 is 3.44. The number of fused-ring (bicyclic) bond motifs is 2. The van der Waals surface area contributed by atoms with Crippen molar-refractivity contribution in [3.8, 4) is 11.3 Å². The number of carbonyl (C=O) groups is 1. The van der Waals surface area contributed by atoms with E-state index in [1.54, 1.807) is 6.07 Å². The minimum absolute atomic E-state index is 0.124. The molecule has 0 radical (unpaired) electrons. The van der Waals surface area contributed by atoms with Crippen molar-refractivity contribution in [2.45, 2.75) is 37.4 Å². The van der Waals surface area contributed by atoms with E-state index in [1.807, 2.05) is 30.3 Å². The largest absolute Gasteiger partial charge is 0.451 e. The lowest BCUT2D eigenvalue weighted by molar-refractivity contribution is 0.0903. The number of hydrogen-bond acceptors (Lipinski definition) is 3. The van der Waals surface area contributed by atoms with Crippen molar-refractivity contribution in [3.63, 3.8) is 0 Å². The highest BCUT2D eigenvalue weighted by Gasteiger charge is 2.39. The summed E-state index contributed by atoms with van der Waals surface area (Å²) < 4.78 is 6.71. The molecular weight excluding hydrogens is 344 g/mol. The zero-order chi connectivity index (χ0) is 15.1. The van der Waals surface area contributed by atoms with E-state index >= 15 is 0 Å². The third kappa shape index (κ3) is 2.59. The minimum atomic E-state index is -0.124. The Morgan fingerprint density at radius 1 is 1.27 bits per heavy atom. The van der Waals surface area contributed by atoms with E-state index in [0.717, 1.165) is 22.9 Å². The van der Waals surface area contributed by atoms with Crippen molar-refractivity contribution >= 4 is 21.8 Å². The van der Waals surface area contributed by atoms with Crippen LogP contribution in [0.15, 0.2) is 45.3 Å². The topological polar surface area (TPSA) is 54.3 Å². The van der Waals surface area contributed by atoms with Crippen LogP contribution in [0.25, 0.3) is 11.3 Å². The normalized spacial score (nSPS) is 26.3. The van der Waals surface area contributed by atoms with Crippen LogP contribution in [0.4, 0.5) is 0 Å². The van der Waals surface area contributed by atoms with Gasteiger partial charge in [0, 0.05) is 28.2 Å². The average Bonchev–Trinajstić information content (AvgIpc) is 3.23. The number of nitrogens with one attached hydrogen (secondary N) is 2. The summed E-state index contributed by atoms with van der Waals surface area (Å²) in [5, 5.41) is 6.62. The molecule has 2 aliphatic heterocycles. The molecule has 3 heterocycles. The van der Waals surface area contributed by atoms with Crippen LogP contribution in [0.3, 0.4) is 0 Å². The Labute approximate surface area is 137 Å². The van der Waals surface area contributed by atoms with E-state index in [2.05, 4.69) is 26.6 Å². The lowest BCUT2D eigenvalue weighted by Gasteiger charge is -2.20. The zero-order valence-corrected chi connectivity index (χ0v) is 13.6. The molecule has 22 heavy (non-hydrogen) atoms. The van der Waals surface area contributed by atoms with Crippen molar-refractivity contribution in [1.29, 1.82) is 0 Å². The molecule has 2 N–H and O–H groups in total. The molecule has 2 fully saturated rings. The fourth-order valence-corrected chi connectivity index (χ4v) is 3.88. The molecule has 4 nitrogen and oxygen atoms in total. The predicted molar refractivity (Wildman–Crippen MR) is 87.7 cm³/mol. The van der Waals surface area contributed by atoms with Gasteiger partial charge in [-0.3, -0.25) is 4.79 Å². The molecule has 4 rings (SSSR count). The predicted octanol–water partition coefficient (Wildman–Crippen LogP) is 3.33. The van der Waals surface area contributed by atoms with Crippen LogP contribution in [0, 0.1) is 0 Å². The molecule has 3 atom stereocenters. The SMILES string of the molecule is O=C(N[C@@H]1C[C@H]2CC[C@@H]1N2)c1ccc(-c2cccc(Br)c2)o1. The number of carbonyl (C=O) groups excluding carboxylic acids is 1. The standard InChI is InChI=1S/C17H17BrN2O2/c18-11-3-1-2-10(8-11)15-6-7-16(22-15)17(21)20-14-9-12-4-5-13(14)19-12/h1-3,6-8,12-14,19H,4-5,9H2,(H,20,21)/t12-,13+,14-/m1/s1. The average molecular weight is 361 g/mol. The Kier molecular flexibility index (Phi) is 3.54. The van der Waals surface area contributed by atoms with Gasteiger partial charge < -0.3 is 15.1 Å². The number of furan rings is 1. The monoisotopic (exact) mass is 360 g/mol. The zero-order valence-electron chi connectivity index (χ0n) is 12.0. The van der Waals surface area contributed by atoms with Crippen LogP contribution < -0.4 is 10.6 Å². The number of rotatable bonds is 3. The maximum absolute atomic E-state index is 12.3. The molecule has 2 bridgehead atoms. The van der Waals surface area contributed by atoms with Crippen LogP contribution in [0.5, 0.6) is 0 Å². The van der Waals surface area contributed by atoms with Crippen molar-refractivity contribution in [3.05, 3.63) is 46.6 Å². The minimum Gasteiger partial charge on any atom is -0.451 e. The first-order chi connectivity index (χ1) is 10.7. The number of halogens is 1. The van der Waals surface area contributed by atoms with Gasteiger partial charge in [0.05, 0.1) is 0 Å². The Hall–Kier alpha value is -1.59. The molecule has 1 aromatic carbocycles. The highest BCUT2D eigenvalue weighted by Crippen LogP contribution is 2.29. The molecular formula is C17H17BrN2O2. The van der Waals surface area contributed by atoms with Crippen molar-refractivity contribution < 1.29 is 9.21 Å². The molecule has 2 aromatic rings. The Bertz CT molecular complexity index is 712. The third-order valence-electron chi connectivity index (χ3n) is 4.56. The van der Waals surface area contributed by atoms with Crippen LogP contribution in [0.2, 0.25) is 0 Å². The van der Waals surface area contributed by atoms with Crippen molar-refractivity contribution in [2.24, 2.45) is 0 Å². The van der Waals surface area contributed by atoms with E-state index in [0.29, 0.717) is 23.6 Å². The summed E-state index contributed by atoms with van der Waals surface area (Å²) in [5.41, 5.74) is 0.954. The van der Waals surface area contributed by atoms with E-state index in [4.69, 9.17) is 4.42 Å². The molecule has 0 spiro atoms. The van der Waals surface area contributed by atoms with Gasteiger partial charge in [0.2, 0.25) is 0 Å². The quantitative estimate of drug-likeness (QED) is 0.882. The van der Waals surface area contributed by atoms with E-state index in [-0.39, 0.29) is 11.9 Å². The smallest absolute Gasteiger partial charge is 0.287 e. The first-order valence-electron chi connectivity index (χ1n) is 7.62. The fourth-order valence-electron chi connectivity index (χ4n) is 3.48. The maximum atomic E-state index is 12.3. The summed E-state index contributed by atoms with van der Waals surface area (Å²) in [6.07, 6.45) is 3.40. The van der Waals surface area contributed by atoms with Gasteiger partial charge in [-0.05, 0) is 43.5 Å². The first-order valence-corrected chi connectivity index (χ1v) is 8.41. The second-order valence-corrected chi connectivity index (χ2v) is 6.95. The molecule has 2 aliphatic rings. The van der Waals surface area contributed by atoms with Gasteiger partial charge in [0.25, 0.3) is 5.91 Å². The van der Waals surface area contributed by atoms with Gasteiger partial charge >= 0.3 is 0 Å². The van der Waals surface area contributed by atoms with Crippen LogP contribution in [0.1, 0.15) is 29.8 Å². The van der Waals surface area contributed by atoms with Crippen molar-refractivity contribution in [2.75, 3.05) is 0 Å². The third-order valence-corrected chi connectivity index (χ3v) is 5.05. The second-order valence-electron chi connectivity index (χ2n) is 6.04. The van der Waals surface area contributed by atoms with Gasteiger partial charge in [-0.15, -0.1) is 0 Å². The van der Waals surface area contributed by atoms with Gasteiger partial charge in [0.1, 0.15) is 5.76 Å². The van der Waals surface area contributed by atoms with Crippen LogP contribution in [-0.2, 0) is 0 Å². The first kappa shape index (κ1) is 14.0. The van der Waals surface area contributed by atoms with Gasteiger partial charge in [-0.1, -0.05) is 28.1 Å². The van der Waals surface area contributed by atoms with E-state index < -0.39 is 0 Å². The van der Waals surface area contributed by atoms with E-state index in [1.165, 1.54) is 6.42 Å². The molecule has 114 valence electrons. The van der Waals surface area contributed by atoms with Gasteiger partial charge in [0.15, 0.2) is 5.76 Å². The highest BCUT2D eigenvalue weighted by molar-refractivity contribution is 9.10. The lowest BCUT2D eigenvalue weighted by Crippen LogP contribution is -2.42. The number of hydrogen-bond donors (Lipinski definition) is 2. The van der Waals surface area contributed by atoms with E-state index in [9.17, 15) is 4.79 Å². The molecule has 0 unspecified atom stereocenters. The fraction of sp³-hybridized carbons (Fsp3) is 0.353. The molecule has 1 amide bonds. The Balaban J connectivity index is 1.48. The highest BCUT2D eigenvalue weighted by atomic mass is 79.9.